The molecule has 0 saturated carbocycles. The Hall–Kier alpha value is -4.89. The van der Waals surface area contributed by atoms with Gasteiger partial charge < -0.3 is 26.0 Å². The second-order valence-corrected chi connectivity index (χ2v) is 13.9. The minimum atomic E-state index is -3.39. The molecule has 2 aliphatic rings. The lowest BCUT2D eigenvalue weighted by Gasteiger charge is -2.15. The summed E-state index contributed by atoms with van der Waals surface area (Å²) in [4.78, 5) is 41.1. The molecule has 5 aromatic rings. The summed E-state index contributed by atoms with van der Waals surface area (Å²) in [6, 6.07) is 16.1. The van der Waals surface area contributed by atoms with E-state index in [1.807, 2.05) is 48.5 Å². The van der Waals surface area contributed by atoms with Gasteiger partial charge in [0.2, 0.25) is 11.8 Å². The highest BCUT2D eigenvalue weighted by atomic mass is 35.5. The number of carbonyl (C=O) groups is 2. The van der Waals surface area contributed by atoms with Crippen LogP contribution in [0.15, 0.2) is 65.6 Å². The van der Waals surface area contributed by atoms with E-state index >= 15 is 0 Å². The lowest BCUT2D eigenvalue weighted by Crippen LogP contribution is -2.37. The number of amides is 2. The second-order valence-electron chi connectivity index (χ2n) is 13.2. The largest absolute Gasteiger partial charge is 0.481 e. The second kappa shape index (κ2) is 14.9. The van der Waals surface area contributed by atoms with E-state index in [2.05, 4.69) is 26.4 Å². The van der Waals surface area contributed by atoms with Crippen LogP contribution in [0.1, 0.15) is 30.7 Å². The molecular weight excluding hydrogens is 729 g/mol. The highest BCUT2D eigenvalue weighted by molar-refractivity contribution is 6.39. The zero-order chi connectivity index (χ0) is 37.4. The molecule has 0 aliphatic carbocycles. The molecular formula is C37H36Cl2F2N8O4. The van der Waals surface area contributed by atoms with Crippen LogP contribution in [0, 0.1) is 0 Å². The molecule has 12 nitrogen and oxygen atoms in total. The molecule has 2 aliphatic heterocycles. The molecule has 2 atom stereocenters. The summed E-state index contributed by atoms with van der Waals surface area (Å²) in [5.74, 6) is -3.77. The molecule has 0 bridgehead atoms. The lowest BCUT2D eigenvalue weighted by molar-refractivity contribution is -0.139. The van der Waals surface area contributed by atoms with E-state index in [1.165, 1.54) is 9.08 Å². The first-order valence-electron chi connectivity index (χ1n) is 17.0. The maximum absolute atomic E-state index is 13.6. The standard InChI is InChI=1S/C37H36Cl2F2N8O4/c1-48-30(18-43-17-23-14-37(40,41)36(52)45-23)47-49-19-21(13-29(49)35(48)51)24-5-3-6-25(32(24)38)26-7-4-8-27(33(26)39)28-11-9-20(34(46-28)53-2)15-42-16-22-10-12-31(50)44-22/h3-9,11,13,19,22-23,42-43H,10,12,14-18H2,1-2H3,(H,44,50)(H,45,52)/t22-,23+/m0/s1. The smallest absolute Gasteiger partial charge is 0.326 e. The minimum Gasteiger partial charge on any atom is -0.481 e. The van der Waals surface area contributed by atoms with Crippen molar-refractivity contribution in [2.75, 3.05) is 20.2 Å². The number of ether oxygens (including phenoxy) is 1. The summed E-state index contributed by atoms with van der Waals surface area (Å²) in [5.41, 5.74) is 4.84. The lowest BCUT2D eigenvalue weighted by atomic mass is 9.97. The summed E-state index contributed by atoms with van der Waals surface area (Å²) in [5, 5.41) is 17.1. The Morgan fingerprint density at radius 2 is 1.60 bits per heavy atom. The minimum absolute atomic E-state index is 0.0746. The van der Waals surface area contributed by atoms with Gasteiger partial charge in [0.05, 0.1) is 29.4 Å². The van der Waals surface area contributed by atoms with Crippen LogP contribution in [-0.2, 0) is 29.7 Å². The van der Waals surface area contributed by atoms with Gasteiger partial charge in [0, 0.05) is 91.2 Å². The summed E-state index contributed by atoms with van der Waals surface area (Å²) in [6.45, 7) is 1.36. The number of halogens is 4. The van der Waals surface area contributed by atoms with Crippen molar-refractivity contribution in [1.29, 1.82) is 0 Å². The van der Waals surface area contributed by atoms with Crippen LogP contribution in [0.3, 0.4) is 0 Å². The number of methoxy groups -OCH3 is 1. The molecule has 0 radical (unpaired) electrons. The zero-order valence-electron chi connectivity index (χ0n) is 28.8. The van der Waals surface area contributed by atoms with Gasteiger partial charge >= 0.3 is 5.92 Å². The number of hydrogen-bond donors (Lipinski definition) is 4. The zero-order valence-corrected chi connectivity index (χ0v) is 30.3. The van der Waals surface area contributed by atoms with Crippen molar-refractivity contribution in [2.45, 2.75) is 50.4 Å². The van der Waals surface area contributed by atoms with Crippen molar-refractivity contribution in [3.63, 3.8) is 0 Å². The van der Waals surface area contributed by atoms with E-state index in [0.717, 1.165) is 12.0 Å². The number of fused-ring (bicyclic) bond motifs is 1. The molecule has 0 unspecified atom stereocenters. The fourth-order valence-corrected chi connectivity index (χ4v) is 7.41. The summed E-state index contributed by atoms with van der Waals surface area (Å²) < 4.78 is 35.7. The molecule has 4 N–H and O–H groups in total. The van der Waals surface area contributed by atoms with Gasteiger partial charge in [0.15, 0.2) is 0 Å². The first-order valence-corrected chi connectivity index (χ1v) is 17.8. The molecule has 2 amide bonds. The number of carbonyl (C=O) groups excluding carboxylic acids is 2. The van der Waals surface area contributed by atoms with E-state index in [9.17, 15) is 23.2 Å². The Balaban J connectivity index is 1.11. The normalized spacial score (nSPS) is 18.1. The highest BCUT2D eigenvalue weighted by Gasteiger charge is 2.47. The number of rotatable bonds is 12. The van der Waals surface area contributed by atoms with Crippen molar-refractivity contribution in [2.24, 2.45) is 7.05 Å². The average Bonchev–Trinajstić information content (AvgIpc) is 3.83. The molecule has 53 heavy (non-hydrogen) atoms. The molecule has 2 fully saturated rings. The Bertz CT molecular complexity index is 2300. The predicted octanol–water partition coefficient (Wildman–Crippen LogP) is 4.73. The van der Waals surface area contributed by atoms with Gasteiger partial charge in [-0.1, -0.05) is 65.7 Å². The maximum atomic E-state index is 13.6. The monoisotopic (exact) mass is 764 g/mol. The number of alkyl halides is 2. The molecule has 5 heterocycles. The first-order chi connectivity index (χ1) is 25.4. The molecule has 7 rings (SSSR count). The molecule has 0 spiro atoms. The molecule has 2 saturated heterocycles. The number of nitrogens with zero attached hydrogens (tertiary/aromatic N) is 4. The van der Waals surface area contributed by atoms with Gasteiger partial charge in [-0.05, 0) is 18.6 Å². The Morgan fingerprint density at radius 3 is 2.28 bits per heavy atom. The van der Waals surface area contributed by atoms with Crippen LogP contribution < -0.4 is 31.6 Å². The van der Waals surface area contributed by atoms with Crippen LogP contribution in [0.4, 0.5) is 8.78 Å². The van der Waals surface area contributed by atoms with Gasteiger partial charge in [-0.15, -0.1) is 0 Å². The van der Waals surface area contributed by atoms with Crippen LogP contribution >= 0.6 is 23.2 Å². The third-order valence-electron chi connectivity index (χ3n) is 9.58. The number of aromatic nitrogens is 4. The van der Waals surface area contributed by atoms with Gasteiger partial charge in [0.1, 0.15) is 11.3 Å². The van der Waals surface area contributed by atoms with Crippen molar-refractivity contribution < 1.29 is 23.1 Å². The molecule has 16 heteroatoms. The Labute approximate surface area is 312 Å². The van der Waals surface area contributed by atoms with Gasteiger partial charge in [-0.25, -0.2) is 9.50 Å². The van der Waals surface area contributed by atoms with E-state index in [0.29, 0.717) is 80.3 Å². The third-order valence-corrected chi connectivity index (χ3v) is 10.4. The average molecular weight is 766 g/mol. The van der Waals surface area contributed by atoms with Gasteiger partial charge in [-0.2, -0.15) is 13.9 Å². The van der Waals surface area contributed by atoms with Crippen LogP contribution in [0.5, 0.6) is 5.88 Å². The predicted molar refractivity (Wildman–Crippen MR) is 197 cm³/mol. The number of pyridine rings is 1. The number of hydrogen-bond acceptors (Lipinski definition) is 8. The molecule has 3 aromatic heterocycles. The summed E-state index contributed by atoms with van der Waals surface area (Å²) in [7, 11) is 3.15. The maximum Gasteiger partial charge on any atom is 0.326 e. The van der Waals surface area contributed by atoms with Crippen molar-refractivity contribution in [3.05, 3.63) is 92.6 Å². The van der Waals surface area contributed by atoms with E-state index in [4.69, 9.17) is 32.9 Å². The van der Waals surface area contributed by atoms with E-state index < -0.39 is 24.3 Å². The Morgan fingerprint density at radius 1 is 0.925 bits per heavy atom. The highest BCUT2D eigenvalue weighted by Crippen LogP contribution is 2.42. The molecule has 276 valence electrons. The van der Waals surface area contributed by atoms with Crippen molar-refractivity contribution in [1.82, 2.24) is 40.4 Å². The first kappa shape index (κ1) is 36.5. The fraction of sp³-hybridized carbons (Fsp3) is 0.324. The van der Waals surface area contributed by atoms with Gasteiger partial charge in [-0.3, -0.25) is 19.0 Å². The van der Waals surface area contributed by atoms with Crippen molar-refractivity contribution >= 4 is 40.5 Å². The van der Waals surface area contributed by atoms with E-state index in [-0.39, 0.29) is 30.6 Å². The summed E-state index contributed by atoms with van der Waals surface area (Å²) >= 11 is 14.1. The Kier molecular flexibility index (Phi) is 10.2. The molecule has 2 aromatic carbocycles. The van der Waals surface area contributed by atoms with Crippen molar-refractivity contribution in [3.8, 4) is 39.4 Å². The fourth-order valence-electron chi connectivity index (χ4n) is 6.74. The van der Waals surface area contributed by atoms with Crippen LogP contribution in [0.25, 0.3) is 39.0 Å². The van der Waals surface area contributed by atoms with Crippen LogP contribution in [0.2, 0.25) is 10.0 Å². The van der Waals surface area contributed by atoms with Gasteiger partial charge in [0.25, 0.3) is 11.5 Å². The third kappa shape index (κ3) is 7.36. The summed E-state index contributed by atoms with van der Waals surface area (Å²) in [6.07, 6.45) is 2.46. The SMILES string of the molecule is COc1nc(-c2cccc(-c3cccc(-c4cc5c(=O)n(C)c(CNC[C@H]6CC(F)(F)C(=O)N6)nn5c4)c3Cl)c2Cl)ccc1CNC[C@@H]1CCC(=O)N1. The topological polar surface area (TPSA) is 144 Å². The number of nitrogens with one attached hydrogen (secondary N) is 4. The number of benzene rings is 2. The quantitative estimate of drug-likeness (QED) is 0.143. The van der Waals surface area contributed by atoms with Crippen LogP contribution in [-0.4, -0.2) is 69.2 Å². The van der Waals surface area contributed by atoms with E-state index in [1.54, 1.807) is 26.4 Å².